The van der Waals surface area contributed by atoms with Crippen molar-refractivity contribution in [3.05, 3.63) is 29.3 Å². The van der Waals surface area contributed by atoms with Gasteiger partial charge in [0.1, 0.15) is 30.1 Å². The summed E-state index contributed by atoms with van der Waals surface area (Å²) < 4.78 is 11.0. The molecule has 0 spiro atoms. The zero-order valence-corrected chi connectivity index (χ0v) is 12.6. The lowest BCUT2D eigenvalue weighted by atomic mass is 9.97. The van der Waals surface area contributed by atoms with Crippen LogP contribution in [0.1, 0.15) is 6.92 Å². The molecule has 0 saturated carbocycles. The molecule has 1 saturated heterocycles. The SMILES string of the molecule is CC(=O)N[C@H]1[C@H](Oc2cccc(Cl)c2)O[C@H](CO)[C@H](O)[C@@H]1O. The van der Waals surface area contributed by atoms with Crippen molar-refractivity contribution in [3.63, 3.8) is 0 Å². The monoisotopic (exact) mass is 331 g/mol. The molecule has 5 atom stereocenters. The fourth-order valence-electron chi connectivity index (χ4n) is 2.25. The van der Waals surface area contributed by atoms with Crippen molar-refractivity contribution >= 4 is 17.5 Å². The van der Waals surface area contributed by atoms with Gasteiger partial charge in [-0.2, -0.15) is 0 Å². The molecule has 0 bridgehead atoms. The van der Waals surface area contributed by atoms with E-state index in [1.165, 1.54) is 6.92 Å². The van der Waals surface area contributed by atoms with Crippen LogP contribution in [0.4, 0.5) is 0 Å². The van der Waals surface area contributed by atoms with E-state index in [2.05, 4.69) is 5.32 Å². The average molecular weight is 332 g/mol. The first-order valence-electron chi connectivity index (χ1n) is 6.74. The van der Waals surface area contributed by atoms with Gasteiger partial charge in [-0.1, -0.05) is 17.7 Å². The number of halogens is 1. The molecule has 0 unspecified atom stereocenters. The van der Waals surface area contributed by atoms with E-state index < -0.39 is 43.2 Å². The summed E-state index contributed by atoms with van der Waals surface area (Å²) in [4.78, 5) is 11.3. The summed E-state index contributed by atoms with van der Waals surface area (Å²) in [5.41, 5.74) is 0. The highest BCUT2D eigenvalue weighted by atomic mass is 35.5. The normalized spacial score (nSPS) is 31.6. The van der Waals surface area contributed by atoms with Crippen LogP contribution in [0.25, 0.3) is 0 Å². The highest BCUT2D eigenvalue weighted by molar-refractivity contribution is 6.30. The number of carbonyl (C=O) groups is 1. The number of aliphatic hydroxyl groups is 3. The molecule has 122 valence electrons. The van der Waals surface area contributed by atoms with E-state index in [1.54, 1.807) is 24.3 Å². The third kappa shape index (κ3) is 3.88. The zero-order valence-electron chi connectivity index (χ0n) is 11.8. The first kappa shape index (κ1) is 17.0. The maximum Gasteiger partial charge on any atom is 0.223 e. The maximum atomic E-state index is 11.3. The summed E-state index contributed by atoms with van der Waals surface area (Å²) in [6.45, 7) is 0.772. The Morgan fingerprint density at radius 2 is 2.14 bits per heavy atom. The van der Waals surface area contributed by atoms with Gasteiger partial charge in [-0.05, 0) is 18.2 Å². The van der Waals surface area contributed by atoms with Crippen LogP contribution in [-0.2, 0) is 9.53 Å². The Morgan fingerprint density at radius 3 is 2.73 bits per heavy atom. The van der Waals surface area contributed by atoms with Gasteiger partial charge in [0.05, 0.1) is 6.61 Å². The zero-order chi connectivity index (χ0) is 16.3. The average Bonchev–Trinajstić information content (AvgIpc) is 2.46. The van der Waals surface area contributed by atoms with Gasteiger partial charge in [-0.15, -0.1) is 0 Å². The largest absolute Gasteiger partial charge is 0.463 e. The maximum absolute atomic E-state index is 11.3. The van der Waals surface area contributed by atoms with Crippen LogP contribution in [0, 0.1) is 0 Å². The van der Waals surface area contributed by atoms with E-state index in [-0.39, 0.29) is 0 Å². The minimum absolute atomic E-state index is 0.369. The number of amides is 1. The molecule has 1 aliphatic heterocycles. The van der Waals surface area contributed by atoms with E-state index >= 15 is 0 Å². The first-order chi connectivity index (χ1) is 10.4. The van der Waals surface area contributed by atoms with Crippen molar-refractivity contribution in [2.45, 2.75) is 37.6 Å². The van der Waals surface area contributed by atoms with E-state index in [0.717, 1.165) is 0 Å². The number of aliphatic hydroxyl groups excluding tert-OH is 3. The highest BCUT2D eigenvalue weighted by Gasteiger charge is 2.46. The van der Waals surface area contributed by atoms with Gasteiger partial charge in [-0.3, -0.25) is 4.79 Å². The van der Waals surface area contributed by atoms with E-state index in [4.69, 9.17) is 21.1 Å². The molecule has 1 aromatic carbocycles. The summed E-state index contributed by atoms with van der Waals surface area (Å²) in [5.74, 6) is -0.0462. The van der Waals surface area contributed by atoms with Crippen LogP contribution in [-0.4, -0.2) is 58.5 Å². The molecular formula is C14H18ClNO6. The molecule has 7 nitrogen and oxygen atoms in total. The van der Waals surface area contributed by atoms with Gasteiger partial charge in [0, 0.05) is 11.9 Å². The summed E-state index contributed by atoms with van der Waals surface area (Å²) in [6, 6.07) is 5.51. The van der Waals surface area contributed by atoms with Crippen LogP contribution >= 0.6 is 11.6 Å². The van der Waals surface area contributed by atoms with E-state index in [0.29, 0.717) is 10.8 Å². The Kier molecular flexibility index (Phi) is 5.60. The molecule has 1 amide bonds. The van der Waals surface area contributed by atoms with Crippen LogP contribution in [0.5, 0.6) is 5.75 Å². The minimum atomic E-state index is -1.35. The number of hydrogen-bond donors (Lipinski definition) is 4. The Labute approximate surface area is 132 Å². The second kappa shape index (κ2) is 7.26. The standard InChI is InChI=1S/C14H18ClNO6/c1-7(18)16-11-13(20)12(19)10(6-17)22-14(11)21-9-4-2-3-8(15)5-9/h2-5,10-14,17,19-20H,6H2,1H3,(H,16,18)/t10-,11-,12+,13-,14-/m1/s1. The lowest BCUT2D eigenvalue weighted by Crippen LogP contribution is -2.65. The Bertz CT molecular complexity index is 528. The van der Waals surface area contributed by atoms with Gasteiger partial charge in [0.2, 0.25) is 12.2 Å². The van der Waals surface area contributed by atoms with E-state index in [1.807, 2.05) is 0 Å². The second-order valence-corrected chi connectivity index (χ2v) is 5.44. The molecule has 0 aliphatic carbocycles. The van der Waals surface area contributed by atoms with Crippen molar-refractivity contribution in [3.8, 4) is 5.75 Å². The van der Waals surface area contributed by atoms with Gasteiger partial charge in [-0.25, -0.2) is 0 Å². The molecule has 1 fully saturated rings. The molecule has 1 aromatic rings. The topological polar surface area (TPSA) is 108 Å². The number of hydrogen-bond acceptors (Lipinski definition) is 6. The highest BCUT2D eigenvalue weighted by Crippen LogP contribution is 2.25. The van der Waals surface area contributed by atoms with E-state index in [9.17, 15) is 20.1 Å². The van der Waals surface area contributed by atoms with Gasteiger partial charge in [0.25, 0.3) is 0 Å². The van der Waals surface area contributed by atoms with Crippen molar-refractivity contribution in [1.82, 2.24) is 5.32 Å². The van der Waals surface area contributed by atoms with Gasteiger partial charge >= 0.3 is 0 Å². The smallest absolute Gasteiger partial charge is 0.223 e. The fraction of sp³-hybridized carbons (Fsp3) is 0.500. The predicted octanol–water partition coefficient (Wildman–Crippen LogP) is -0.338. The van der Waals surface area contributed by atoms with Crippen molar-refractivity contribution in [1.29, 1.82) is 0 Å². The fourth-order valence-corrected chi connectivity index (χ4v) is 2.43. The number of benzene rings is 1. The van der Waals surface area contributed by atoms with Gasteiger partial charge < -0.3 is 30.1 Å². The number of nitrogens with one attached hydrogen (secondary N) is 1. The molecule has 1 heterocycles. The van der Waals surface area contributed by atoms with Crippen LogP contribution in [0.2, 0.25) is 5.02 Å². The molecule has 4 N–H and O–H groups in total. The number of rotatable bonds is 4. The predicted molar refractivity (Wildman–Crippen MR) is 77.4 cm³/mol. The van der Waals surface area contributed by atoms with Crippen LogP contribution < -0.4 is 10.1 Å². The quantitative estimate of drug-likeness (QED) is 0.601. The molecule has 22 heavy (non-hydrogen) atoms. The van der Waals surface area contributed by atoms with Crippen molar-refractivity contribution in [2.24, 2.45) is 0 Å². The van der Waals surface area contributed by atoms with Crippen molar-refractivity contribution < 1.29 is 29.6 Å². The molecule has 1 aliphatic rings. The second-order valence-electron chi connectivity index (χ2n) is 5.01. The first-order valence-corrected chi connectivity index (χ1v) is 7.12. The summed E-state index contributed by atoms with van der Waals surface area (Å²) >= 11 is 5.87. The summed E-state index contributed by atoms with van der Waals surface area (Å²) in [5, 5.41) is 32.2. The third-order valence-electron chi connectivity index (χ3n) is 3.30. The Balaban J connectivity index is 2.21. The molecule has 8 heteroatoms. The lowest BCUT2D eigenvalue weighted by Gasteiger charge is -2.42. The van der Waals surface area contributed by atoms with Crippen molar-refractivity contribution in [2.75, 3.05) is 6.61 Å². The minimum Gasteiger partial charge on any atom is -0.463 e. The van der Waals surface area contributed by atoms with Crippen LogP contribution in [0.3, 0.4) is 0 Å². The molecule has 0 radical (unpaired) electrons. The third-order valence-corrected chi connectivity index (χ3v) is 3.53. The molecule has 0 aromatic heterocycles. The molecular weight excluding hydrogens is 314 g/mol. The van der Waals surface area contributed by atoms with Gasteiger partial charge in [0.15, 0.2) is 0 Å². The van der Waals surface area contributed by atoms with Crippen LogP contribution in [0.15, 0.2) is 24.3 Å². The molecule has 2 rings (SSSR count). The number of ether oxygens (including phenoxy) is 2. The Hall–Kier alpha value is -1.38. The lowest BCUT2D eigenvalue weighted by molar-refractivity contribution is -0.244. The summed E-state index contributed by atoms with van der Waals surface area (Å²) in [6.07, 6.45) is -4.80. The number of carbonyl (C=O) groups excluding carboxylic acids is 1. The Morgan fingerprint density at radius 1 is 1.41 bits per heavy atom. The summed E-state index contributed by atoms with van der Waals surface area (Å²) in [7, 11) is 0.